The van der Waals surface area contributed by atoms with E-state index in [2.05, 4.69) is 29.2 Å². The van der Waals surface area contributed by atoms with E-state index in [-0.39, 0.29) is 5.78 Å². The highest BCUT2D eigenvalue weighted by atomic mass is 16.5. The molecule has 0 radical (unpaired) electrons. The third kappa shape index (κ3) is 3.47. The number of ether oxygens (including phenoxy) is 1. The fourth-order valence-corrected chi connectivity index (χ4v) is 5.08. The largest absolute Gasteiger partial charge is 0.497 e. The second-order valence-corrected chi connectivity index (χ2v) is 8.32. The molecule has 148 valence electrons. The molecule has 1 heterocycles. The molecule has 1 N–H and O–H groups in total. The second-order valence-electron chi connectivity index (χ2n) is 8.32. The van der Waals surface area contributed by atoms with Crippen LogP contribution in [-0.4, -0.2) is 48.1 Å². The molecule has 1 aliphatic carbocycles. The zero-order chi connectivity index (χ0) is 19.6. The summed E-state index contributed by atoms with van der Waals surface area (Å²) < 4.78 is 5.41. The van der Waals surface area contributed by atoms with Crippen molar-refractivity contribution in [2.75, 3.05) is 26.7 Å². The van der Waals surface area contributed by atoms with E-state index in [1.807, 2.05) is 30.3 Å². The van der Waals surface area contributed by atoms with Crippen LogP contribution in [0.15, 0.2) is 54.6 Å². The van der Waals surface area contributed by atoms with Crippen molar-refractivity contribution in [2.24, 2.45) is 0 Å². The topological polar surface area (TPSA) is 49.8 Å². The third-order valence-electron chi connectivity index (χ3n) is 6.73. The van der Waals surface area contributed by atoms with Gasteiger partial charge in [-0.3, -0.25) is 4.79 Å². The van der Waals surface area contributed by atoms with Crippen LogP contribution >= 0.6 is 0 Å². The van der Waals surface area contributed by atoms with Crippen LogP contribution in [0, 0.1) is 0 Å². The summed E-state index contributed by atoms with van der Waals surface area (Å²) in [6, 6.07) is 18.4. The van der Waals surface area contributed by atoms with E-state index in [1.54, 1.807) is 7.11 Å². The predicted molar refractivity (Wildman–Crippen MR) is 110 cm³/mol. The normalized spacial score (nSPS) is 28.0. The lowest BCUT2D eigenvalue weighted by Gasteiger charge is -2.56. The molecule has 2 fully saturated rings. The van der Waals surface area contributed by atoms with Crippen LogP contribution in [0.4, 0.5) is 0 Å². The van der Waals surface area contributed by atoms with Crippen LogP contribution in [0.25, 0.3) is 0 Å². The van der Waals surface area contributed by atoms with Gasteiger partial charge in [0.2, 0.25) is 0 Å². The molecule has 2 aromatic carbocycles. The number of ketones is 1. The van der Waals surface area contributed by atoms with Crippen LogP contribution in [0.5, 0.6) is 5.75 Å². The molecule has 2 aromatic rings. The van der Waals surface area contributed by atoms with Crippen LogP contribution in [-0.2, 0) is 16.6 Å². The SMILES string of the molecule is COc1cccc([C@]23CCN(CCc4ccccc4)C[C@]2(O)CCC(=O)C3)c1. The van der Waals surface area contributed by atoms with Crippen LogP contribution in [0.3, 0.4) is 0 Å². The number of β-amino-alcohol motifs (C(OH)–C–C–N with tert-alkyl or cyclic N) is 1. The minimum atomic E-state index is -0.887. The standard InChI is InChI=1S/C24H29NO3/c1-28-22-9-5-8-20(16-22)23-13-15-25(14-11-19-6-3-2-4-7-19)18-24(23,27)12-10-21(26)17-23/h2-9,16,27H,10-15,17-18H2,1H3/t23-,24-/m1/s1. The van der Waals surface area contributed by atoms with Crippen LogP contribution < -0.4 is 4.74 Å². The highest BCUT2D eigenvalue weighted by molar-refractivity contribution is 5.82. The van der Waals surface area contributed by atoms with Gasteiger partial charge in [0.05, 0.1) is 12.7 Å². The fourth-order valence-electron chi connectivity index (χ4n) is 5.08. The molecular weight excluding hydrogens is 350 g/mol. The number of methoxy groups -OCH3 is 1. The van der Waals surface area contributed by atoms with Gasteiger partial charge in [-0.15, -0.1) is 0 Å². The Balaban J connectivity index is 1.58. The Morgan fingerprint density at radius 3 is 2.71 bits per heavy atom. The number of aliphatic hydroxyl groups is 1. The van der Waals surface area contributed by atoms with Crippen molar-refractivity contribution < 1.29 is 14.6 Å². The van der Waals surface area contributed by atoms with Crippen molar-refractivity contribution in [3.63, 3.8) is 0 Å². The highest BCUT2D eigenvalue weighted by Gasteiger charge is 2.57. The molecule has 1 saturated carbocycles. The smallest absolute Gasteiger partial charge is 0.134 e. The molecule has 0 aromatic heterocycles. The minimum absolute atomic E-state index is 0.255. The molecule has 4 rings (SSSR count). The van der Waals surface area contributed by atoms with Gasteiger partial charge in [0, 0.05) is 31.3 Å². The molecule has 0 unspecified atom stereocenters. The molecule has 0 spiro atoms. The molecule has 2 aliphatic rings. The van der Waals surface area contributed by atoms with E-state index in [4.69, 9.17) is 4.74 Å². The number of carbonyl (C=O) groups is 1. The zero-order valence-corrected chi connectivity index (χ0v) is 16.6. The van der Waals surface area contributed by atoms with E-state index in [1.165, 1.54) is 5.56 Å². The highest BCUT2D eigenvalue weighted by Crippen LogP contribution is 2.51. The summed E-state index contributed by atoms with van der Waals surface area (Å²) in [5.74, 6) is 1.03. The summed E-state index contributed by atoms with van der Waals surface area (Å²) in [6.07, 6.45) is 3.18. The molecular formula is C24H29NO3. The van der Waals surface area contributed by atoms with Gasteiger partial charge in [-0.25, -0.2) is 0 Å². The van der Waals surface area contributed by atoms with Crippen LogP contribution in [0.2, 0.25) is 0 Å². The first kappa shape index (κ1) is 19.2. The van der Waals surface area contributed by atoms with Crippen molar-refractivity contribution in [3.05, 3.63) is 65.7 Å². The molecule has 2 atom stereocenters. The zero-order valence-electron chi connectivity index (χ0n) is 16.6. The lowest BCUT2D eigenvalue weighted by atomic mass is 9.56. The van der Waals surface area contributed by atoms with Gasteiger partial charge in [-0.05, 0) is 49.1 Å². The van der Waals surface area contributed by atoms with Gasteiger partial charge >= 0.3 is 0 Å². The van der Waals surface area contributed by atoms with Gasteiger partial charge < -0.3 is 14.7 Å². The van der Waals surface area contributed by atoms with Crippen molar-refractivity contribution in [3.8, 4) is 5.75 Å². The summed E-state index contributed by atoms with van der Waals surface area (Å²) in [5.41, 5.74) is 0.950. The summed E-state index contributed by atoms with van der Waals surface area (Å²) in [6.45, 7) is 2.43. The van der Waals surface area contributed by atoms with Gasteiger partial charge in [-0.2, -0.15) is 0 Å². The molecule has 4 heteroatoms. The number of fused-ring (bicyclic) bond motifs is 1. The van der Waals surface area contributed by atoms with Crippen molar-refractivity contribution in [2.45, 2.75) is 43.1 Å². The van der Waals surface area contributed by atoms with E-state index in [9.17, 15) is 9.90 Å². The second kappa shape index (κ2) is 7.69. The molecule has 1 aliphatic heterocycles. The maximum absolute atomic E-state index is 12.4. The predicted octanol–water partition coefficient (Wildman–Crippen LogP) is 3.37. The Bertz CT molecular complexity index is 837. The van der Waals surface area contributed by atoms with Crippen molar-refractivity contribution in [1.29, 1.82) is 0 Å². The summed E-state index contributed by atoms with van der Waals surface area (Å²) in [4.78, 5) is 14.8. The molecule has 4 nitrogen and oxygen atoms in total. The first-order valence-corrected chi connectivity index (χ1v) is 10.2. The first-order chi connectivity index (χ1) is 13.5. The maximum Gasteiger partial charge on any atom is 0.134 e. The molecule has 0 bridgehead atoms. The summed E-state index contributed by atoms with van der Waals surface area (Å²) in [7, 11) is 1.65. The number of nitrogens with zero attached hydrogens (tertiary/aromatic N) is 1. The number of Topliss-reactive ketones (excluding diaryl/α,β-unsaturated/α-hetero) is 1. The van der Waals surface area contributed by atoms with E-state index >= 15 is 0 Å². The Labute approximate surface area is 167 Å². The number of hydrogen-bond acceptors (Lipinski definition) is 4. The van der Waals surface area contributed by atoms with E-state index < -0.39 is 11.0 Å². The molecule has 1 saturated heterocycles. The van der Waals surface area contributed by atoms with Gasteiger partial charge in [0.25, 0.3) is 0 Å². The van der Waals surface area contributed by atoms with Gasteiger partial charge in [0.1, 0.15) is 11.5 Å². The molecule has 0 amide bonds. The first-order valence-electron chi connectivity index (χ1n) is 10.2. The third-order valence-corrected chi connectivity index (χ3v) is 6.73. The lowest BCUT2D eigenvalue weighted by molar-refractivity contribution is -0.147. The summed E-state index contributed by atoms with van der Waals surface area (Å²) >= 11 is 0. The monoisotopic (exact) mass is 379 g/mol. The Hall–Kier alpha value is -2.17. The number of carbonyl (C=O) groups excluding carboxylic acids is 1. The number of likely N-dealkylation sites (tertiary alicyclic amines) is 1. The van der Waals surface area contributed by atoms with Crippen LogP contribution in [0.1, 0.15) is 36.8 Å². The average molecular weight is 380 g/mol. The van der Waals surface area contributed by atoms with E-state index in [0.29, 0.717) is 25.8 Å². The van der Waals surface area contributed by atoms with Gasteiger partial charge in [0.15, 0.2) is 0 Å². The van der Waals surface area contributed by atoms with Gasteiger partial charge in [-0.1, -0.05) is 42.5 Å². The van der Waals surface area contributed by atoms with Crippen molar-refractivity contribution in [1.82, 2.24) is 4.90 Å². The molecule has 28 heavy (non-hydrogen) atoms. The Kier molecular flexibility index (Phi) is 5.26. The Morgan fingerprint density at radius 2 is 1.93 bits per heavy atom. The fraction of sp³-hybridized carbons (Fsp3) is 0.458. The number of benzene rings is 2. The minimum Gasteiger partial charge on any atom is -0.497 e. The maximum atomic E-state index is 12.4. The Morgan fingerprint density at radius 1 is 1.11 bits per heavy atom. The quantitative estimate of drug-likeness (QED) is 0.865. The lowest BCUT2D eigenvalue weighted by Crippen LogP contribution is -2.65. The average Bonchev–Trinajstić information content (AvgIpc) is 2.73. The number of rotatable bonds is 5. The van der Waals surface area contributed by atoms with E-state index in [0.717, 1.165) is 37.2 Å². The summed E-state index contributed by atoms with van der Waals surface area (Å²) in [5, 5.41) is 11.8. The number of hydrogen-bond donors (Lipinski definition) is 1. The number of piperidine rings is 1. The van der Waals surface area contributed by atoms with Crippen molar-refractivity contribution >= 4 is 5.78 Å².